The maximum atomic E-state index is 3.52. The van der Waals surface area contributed by atoms with E-state index in [2.05, 4.69) is 139 Å². The molecule has 0 spiro atoms. The number of nitrogens with zero attached hydrogens (tertiary/aromatic N) is 6. The van der Waals surface area contributed by atoms with Gasteiger partial charge >= 0.3 is 0 Å². The molecule has 0 aromatic rings. The van der Waals surface area contributed by atoms with Crippen LogP contribution in [0, 0.1) is 57.2 Å². The van der Waals surface area contributed by atoms with Gasteiger partial charge < -0.3 is 4.90 Å². The van der Waals surface area contributed by atoms with Gasteiger partial charge in [0.25, 0.3) is 0 Å². The second-order valence-electron chi connectivity index (χ2n) is 30.2. The van der Waals surface area contributed by atoms with Crippen LogP contribution in [0.5, 0.6) is 0 Å². The molecular weight excluding hydrogens is 793 g/mol. The lowest BCUT2D eigenvalue weighted by molar-refractivity contribution is -0.289. The van der Waals surface area contributed by atoms with Crippen LogP contribution >= 0.6 is 0 Å². The minimum absolute atomic E-state index is 0.00181. The highest BCUT2D eigenvalue weighted by atomic mass is 15.5. The number of hydrogen-bond donors (Lipinski definition) is 0. The maximum absolute atomic E-state index is 3.52. The van der Waals surface area contributed by atoms with Crippen molar-refractivity contribution in [2.75, 3.05) is 32.7 Å². The van der Waals surface area contributed by atoms with Crippen LogP contribution in [0.1, 0.15) is 200 Å². The van der Waals surface area contributed by atoms with Crippen molar-refractivity contribution >= 4 is 0 Å². The molecule has 0 aromatic carbocycles. The van der Waals surface area contributed by atoms with Crippen LogP contribution in [0.4, 0.5) is 0 Å². The Morgan fingerprint density at radius 1 is 0.492 bits per heavy atom. The van der Waals surface area contributed by atoms with Crippen LogP contribution in [-0.4, -0.2) is 132 Å². The highest BCUT2D eigenvalue weighted by molar-refractivity contribution is 5.37. The molecule has 20 heterocycles. The Labute approximate surface area is 399 Å². The van der Waals surface area contributed by atoms with Crippen LogP contribution < -0.4 is 0 Å². The summed E-state index contributed by atoms with van der Waals surface area (Å²) in [5.41, 5.74) is 2.18. The summed E-state index contributed by atoms with van der Waals surface area (Å²) in [6.07, 6.45) is 23.9. The van der Waals surface area contributed by atoms with Crippen LogP contribution in [0.25, 0.3) is 0 Å². The second kappa shape index (κ2) is 13.1. The Bertz CT molecular complexity index is 2010. The van der Waals surface area contributed by atoms with Gasteiger partial charge in [0.1, 0.15) is 0 Å². The zero-order valence-corrected chi connectivity index (χ0v) is 44.8. The molecule has 364 valence electrons. The first kappa shape index (κ1) is 44.3. The summed E-state index contributed by atoms with van der Waals surface area (Å²) < 4.78 is 0. The first-order valence-electron chi connectivity index (χ1n) is 28.7. The standard InChI is InChI=1S/C59H98N6/c1-37-27-38-17-16-18-48(38)57(13)54(10)36-50(2,3)62-34-45-24-23-44(62)35-63(45)52(6,7)58(14,61-30-39-19-20-40(31-61)49(39)54)55(37,11)56(12)41-28-42-21-22-43(29-41)65(42)59(57,15)53(8,9)64-46-25-26-47(64)33-60(32-46)51(56,4)5/h30,37-38,40-49H,16-29,31-36H2,1-15H3. The molecule has 22 rings (SSSR count). The zero-order valence-electron chi connectivity index (χ0n) is 44.8. The highest BCUT2D eigenvalue weighted by Gasteiger charge is 2.80. The van der Waals surface area contributed by atoms with Crippen molar-refractivity contribution in [2.45, 2.75) is 270 Å². The number of rotatable bonds is 0. The van der Waals surface area contributed by atoms with Gasteiger partial charge in [-0.1, -0.05) is 53.0 Å². The van der Waals surface area contributed by atoms with E-state index in [1.54, 1.807) is 0 Å². The van der Waals surface area contributed by atoms with E-state index in [0.29, 0.717) is 65.8 Å². The summed E-state index contributed by atoms with van der Waals surface area (Å²) in [6.45, 7) is 50.4. The zero-order chi connectivity index (χ0) is 45.8. The number of piperidine rings is 3. The predicted octanol–water partition coefficient (Wildman–Crippen LogP) is 11.3. The smallest absolute Gasteiger partial charge is 0.0608 e. The van der Waals surface area contributed by atoms with Crippen molar-refractivity contribution in [3.8, 4) is 0 Å². The molecule has 19 atom stereocenters. The first-order valence-corrected chi connectivity index (χ1v) is 28.7. The minimum atomic E-state index is -0.0994. The van der Waals surface area contributed by atoms with E-state index in [9.17, 15) is 0 Å². The normalized spacial score (nSPS) is 61.3. The van der Waals surface area contributed by atoms with Crippen molar-refractivity contribution in [1.82, 2.24) is 29.4 Å². The SMILES string of the molecule is CC1CC2CCCC2C2(C)C3(C)CC(C)(C)N4CC5CCC4CN5C(C)(C)C(C)(N4C=C5CCC(C4)C53)C1(C)C1(C)C3CC4CCC(C3)N4C2(C)C(C)(C)N2C3CCC2CN(C3)C1(C)C. The molecule has 20 aliphatic heterocycles. The van der Waals surface area contributed by atoms with E-state index >= 15 is 0 Å². The Morgan fingerprint density at radius 3 is 1.71 bits per heavy atom. The summed E-state index contributed by atoms with van der Waals surface area (Å²) in [5, 5.41) is 0. The van der Waals surface area contributed by atoms with Gasteiger partial charge in [-0.05, 0) is 211 Å². The van der Waals surface area contributed by atoms with Gasteiger partial charge in [-0.25, -0.2) is 0 Å². The Balaban J connectivity index is 1.26. The van der Waals surface area contributed by atoms with Gasteiger partial charge in [0.15, 0.2) is 0 Å². The summed E-state index contributed by atoms with van der Waals surface area (Å²) >= 11 is 0. The average Bonchev–Trinajstić information content (AvgIpc) is 3.99. The molecule has 0 amide bonds. The Hall–Kier alpha value is -0.660. The van der Waals surface area contributed by atoms with Gasteiger partial charge in [0.05, 0.1) is 5.54 Å². The van der Waals surface area contributed by atoms with E-state index in [-0.39, 0.29) is 54.9 Å². The Morgan fingerprint density at radius 2 is 1.09 bits per heavy atom. The third kappa shape index (κ3) is 4.65. The molecule has 0 N–H and O–H groups in total. The largest absolute Gasteiger partial charge is 0.369 e. The molecule has 6 heteroatoms. The summed E-state index contributed by atoms with van der Waals surface area (Å²) in [5.74, 6) is 4.07. The molecule has 16 saturated heterocycles. The summed E-state index contributed by atoms with van der Waals surface area (Å²) in [4.78, 5) is 19.8. The van der Waals surface area contributed by atoms with Crippen molar-refractivity contribution in [3.05, 3.63) is 11.8 Å². The number of fused-ring (bicyclic) bond motifs is 1. The molecule has 19 unspecified atom stereocenters. The molecule has 22 aliphatic rings. The van der Waals surface area contributed by atoms with Crippen molar-refractivity contribution in [2.24, 2.45) is 57.2 Å². The van der Waals surface area contributed by atoms with E-state index < -0.39 is 0 Å². The van der Waals surface area contributed by atoms with Crippen molar-refractivity contribution in [3.63, 3.8) is 0 Å². The summed E-state index contributed by atoms with van der Waals surface area (Å²) in [6, 6.07) is 3.81. The lowest BCUT2D eigenvalue weighted by Gasteiger charge is -2.79. The molecule has 65 heavy (non-hydrogen) atoms. The van der Waals surface area contributed by atoms with Crippen LogP contribution in [0.2, 0.25) is 0 Å². The molecule has 0 aromatic heterocycles. The predicted molar refractivity (Wildman–Crippen MR) is 268 cm³/mol. The van der Waals surface area contributed by atoms with Crippen molar-refractivity contribution < 1.29 is 0 Å². The van der Waals surface area contributed by atoms with Gasteiger partial charge in [0.2, 0.25) is 0 Å². The fourth-order valence-corrected chi connectivity index (χ4v) is 25.1. The Kier molecular flexibility index (Phi) is 8.89. The maximum Gasteiger partial charge on any atom is 0.0608 e. The number of hydrogen-bond acceptors (Lipinski definition) is 6. The molecule has 18 fully saturated rings. The van der Waals surface area contributed by atoms with Crippen molar-refractivity contribution in [1.29, 1.82) is 0 Å². The first-order chi connectivity index (χ1) is 30.4. The molecule has 2 saturated carbocycles. The third-order valence-electron chi connectivity index (χ3n) is 28.5. The molecule has 6 nitrogen and oxygen atoms in total. The third-order valence-corrected chi connectivity index (χ3v) is 28.5. The molecule has 2 aliphatic carbocycles. The van der Waals surface area contributed by atoms with Gasteiger partial charge in [-0.3, -0.25) is 24.5 Å². The average molecular weight is 891 g/mol. The quantitative estimate of drug-likeness (QED) is 0.240. The second-order valence-corrected chi connectivity index (χ2v) is 30.2. The van der Waals surface area contributed by atoms with Crippen LogP contribution in [0.15, 0.2) is 11.8 Å². The topological polar surface area (TPSA) is 19.4 Å². The lowest BCUT2D eigenvalue weighted by Crippen LogP contribution is -2.86. The fourth-order valence-electron chi connectivity index (χ4n) is 25.1. The molecule has 22 bridgehead atoms. The van der Waals surface area contributed by atoms with Crippen LogP contribution in [-0.2, 0) is 0 Å². The monoisotopic (exact) mass is 891 g/mol. The number of piperazine rings is 2. The minimum Gasteiger partial charge on any atom is -0.369 e. The van der Waals surface area contributed by atoms with E-state index in [4.69, 9.17) is 0 Å². The van der Waals surface area contributed by atoms with Gasteiger partial charge in [0, 0.05) is 102 Å². The van der Waals surface area contributed by atoms with Crippen LogP contribution in [0.3, 0.4) is 0 Å². The highest BCUT2D eigenvalue weighted by Crippen LogP contribution is 2.78. The van der Waals surface area contributed by atoms with Gasteiger partial charge in [-0.2, -0.15) is 0 Å². The number of allylic oxidation sites excluding steroid dienone is 1. The van der Waals surface area contributed by atoms with Gasteiger partial charge in [-0.15, -0.1) is 0 Å². The lowest BCUT2D eigenvalue weighted by atomic mass is 9.35. The van der Waals surface area contributed by atoms with E-state index in [1.165, 1.54) is 129 Å². The van der Waals surface area contributed by atoms with E-state index in [0.717, 1.165) is 5.92 Å². The molecule has 0 radical (unpaired) electrons. The summed E-state index contributed by atoms with van der Waals surface area (Å²) in [7, 11) is 0. The van der Waals surface area contributed by atoms with E-state index in [1.807, 2.05) is 5.57 Å². The fraction of sp³-hybridized carbons (Fsp3) is 0.966. The molecular formula is C59H98N6.